The number of benzene rings is 1. The van der Waals surface area contributed by atoms with Gasteiger partial charge in [-0.3, -0.25) is 4.79 Å². The van der Waals surface area contributed by atoms with E-state index in [4.69, 9.17) is 9.47 Å². The summed E-state index contributed by atoms with van der Waals surface area (Å²) in [4.78, 5) is 11.8. The number of carboxylic acid groups (broad SMARTS) is 1. The van der Waals surface area contributed by atoms with Gasteiger partial charge in [0.25, 0.3) is 0 Å². The number of hydrogen-bond donors (Lipinski definition) is 2. The van der Waals surface area contributed by atoms with Gasteiger partial charge in [-0.2, -0.15) is 0 Å². The maximum atomic E-state index is 11.8. The fourth-order valence-electron chi connectivity index (χ4n) is 3.42. The molecule has 1 saturated carbocycles. The van der Waals surface area contributed by atoms with E-state index in [0.717, 1.165) is 37.9 Å². The van der Waals surface area contributed by atoms with Crippen LogP contribution in [0.4, 0.5) is 0 Å². The highest BCUT2D eigenvalue weighted by molar-refractivity contribution is 5.84. The molecule has 5 nitrogen and oxygen atoms in total. The quantitative estimate of drug-likeness (QED) is 0.874. The van der Waals surface area contributed by atoms with Crippen LogP contribution in [0.5, 0.6) is 11.5 Å². The molecule has 0 spiro atoms. The van der Waals surface area contributed by atoms with Crippen LogP contribution in [-0.2, 0) is 10.2 Å². The highest BCUT2D eigenvalue weighted by Crippen LogP contribution is 2.49. The molecule has 3 rings (SSSR count). The van der Waals surface area contributed by atoms with Gasteiger partial charge in [0.05, 0.1) is 12.5 Å². The highest BCUT2D eigenvalue weighted by Gasteiger charge is 2.48. The number of nitrogens with one attached hydrogen (secondary N) is 1. The number of hydrogen-bond acceptors (Lipinski definition) is 4. The predicted octanol–water partition coefficient (Wildman–Crippen LogP) is 2.33. The van der Waals surface area contributed by atoms with Gasteiger partial charge in [0.1, 0.15) is 6.10 Å². The van der Waals surface area contributed by atoms with Gasteiger partial charge in [0, 0.05) is 12.1 Å². The lowest BCUT2D eigenvalue weighted by Crippen LogP contribution is -2.42. The lowest BCUT2D eigenvalue weighted by atomic mass is 9.64. The third kappa shape index (κ3) is 2.54. The van der Waals surface area contributed by atoms with Gasteiger partial charge < -0.3 is 19.9 Å². The second kappa shape index (κ2) is 6.16. The Morgan fingerprint density at radius 1 is 1.36 bits per heavy atom. The van der Waals surface area contributed by atoms with Gasteiger partial charge in [0.2, 0.25) is 0 Å². The molecule has 2 fully saturated rings. The minimum absolute atomic E-state index is 0.111. The molecule has 2 aliphatic rings. The van der Waals surface area contributed by atoms with Crippen molar-refractivity contribution in [3.05, 3.63) is 23.8 Å². The summed E-state index contributed by atoms with van der Waals surface area (Å²) < 4.78 is 11.6. The Kier molecular flexibility index (Phi) is 4.25. The summed E-state index contributed by atoms with van der Waals surface area (Å²) in [5, 5.41) is 13.0. The van der Waals surface area contributed by atoms with E-state index in [2.05, 4.69) is 5.32 Å². The van der Waals surface area contributed by atoms with E-state index >= 15 is 0 Å². The average Bonchev–Trinajstić information content (AvgIpc) is 2.47. The Hall–Kier alpha value is -1.75. The van der Waals surface area contributed by atoms with Crippen molar-refractivity contribution in [1.82, 2.24) is 5.32 Å². The average molecular weight is 305 g/mol. The van der Waals surface area contributed by atoms with Crippen LogP contribution in [0.1, 0.15) is 37.7 Å². The third-order valence-corrected chi connectivity index (χ3v) is 4.86. The molecule has 1 saturated heterocycles. The van der Waals surface area contributed by atoms with Gasteiger partial charge in [-0.15, -0.1) is 0 Å². The van der Waals surface area contributed by atoms with Crippen molar-refractivity contribution >= 4 is 5.97 Å². The second-order valence-electron chi connectivity index (χ2n) is 6.16. The molecule has 5 heteroatoms. The molecule has 2 N–H and O–H groups in total. The first-order valence-corrected chi connectivity index (χ1v) is 7.95. The first-order valence-electron chi connectivity index (χ1n) is 7.95. The number of carboxylic acids is 1. The molecule has 0 bridgehead atoms. The summed E-state index contributed by atoms with van der Waals surface area (Å²) >= 11 is 0. The fourth-order valence-corrected chi connectivity index (χ4v) is 3.42. The van der Waals surface area contributed by atoms with Crippen molar-refractivity contribution in [3.63, 3.8) is 0 Å². The molecule has 1 heterocycles. The standard InChI is InChI=1S/C17H23NO4/c1-21-15-13(17(16(19)20)8-4-9-17)6-2-7-14(15)22-12-5-3-10-18-11-12/h2,6-7,12,18H,3-5,8-11H2,1H3,(H,19,20). The maximum Gasteiger partial charge on any atom is 0.314 e. The fraction of sp³-hybridized carbons (Fsp3) is 0.588. The van der Waals surface area contributed by atoms with Gasteiger partial charge in [-0.1, -0.05) is 18.6 Å². The number of ether oxygens (including phenoxy) is 2. The van der Waals surface area contributed by atoms with Crippen LogP contribution in [0.2, 0.25) is 0 Å². The molecule has 0 amide bonds. The lowest BCUT2D eigenvalue weighted by Gasteiger charge is -2.39. The number of para-hydroxylation sites is 1. The molecule has 120 valence electrons. The summed E-state index contributed by atoms with van der Waals surface area (Å²) in [6.45, 7) is 1.84. The van der Waals surface area contributed by atoms with Crippen molar-refractivity contribution < 1.29 is 19.4 Å². The van der Waals surface area contributed by atoms with Crippen molar-refractivity contribution in [1.29, 1.82) is 0 Å². The third-order valence-electron chi connectivity index (χ3n) is 4.86. The first-order chi connectivity index (χ1) is 10.7. The summed E-state index contributed by atoms with van der Waals surface area (Å²) in [6, 6.07) is 5.59. The minimum Gasteiger partial charge on any atom is -0.493 e. The van der Waals surface area contributed by atoms with Crippen LogP contribution >= 0.6 is 0 Å². The largest absolute Gasteiger partial charge is 0.493 e. The molecule has 1 aromatic rings. The summed E-state index contributed by atoms with van der Waals surface area (Å²) in [5.74, 6) is 0.463. The van der Waals surface area contributed by atoms with Crippen molar-refractivity contribution in [2.45, 2.75) is 43.6 Å². The summed E-state index contributed by atoms with van der Waals surface area (Å²) in [5.41, 5.74) is -0.0646. The van der Waals surface area contributed by atoms with E-state index in [1.165, 1.54) is 0 Å². The van der Waals surface area contributed by atoms with Crippen LogP contribution in [0.15, 0.2) is 18.2 Å². The van der Waals surface area contributed by atoms with Gasteiger partial charge in [-0.25, -0.2) is 0 Å². The minimum atomic E-state index is -0.810. The first kappa shape index (κ1) is 15.2. The number of piperidine rings is 1. The summed E-state index contributed by atoms with van der Waals surface area (Å²) in [6.07, 6.45) is 4.46. The van der Waals surface area contributed by atoms with Crippen LogP contribution in [-0.4, -0.2) is 37.4 Å². The molecule has 0 radical (unpaired) electrons. The van der Waals surface area contributed by atoms with E-state index in [1.54, 1.807) is 7.11 Å². The Balaban J connectivity index is 1.91. The molecule has 0 aromatic heterocycles. The highest BCUT2D eigenvalue weighted by atomic mass is 16.5. The van der Waals surface area contributed by atoms with Crippen LogP contribution in [0.3, 0.4) is 0 Å². The van der Waals surface area contributed by atoms with Crippen molar-refractivity contribution in [2.75, 3.05) is 20.2 Å². The maximum absolute atomic E-state index is 11.8. The topological polar surface area (TPSA) is 67.8 Å². The molecular weight excluding hydrogens is 282 g/mol. The molecule has 22 heavy (non-hydrogen) atoms. The Labute approximate surface area is 130 Å². The predicted molar refractivity (Wildman–Crippen MR) is 82.7 cm³/mol. The van der Waals surface area contributed by atoms with Crippen molar-refractivity contribution in [3.8, 4) is 11.5 Å². The smallest absolute Gasteiger partial charge is 0.314 e. The zero-order chi connectivity index (χ0) is 15.6. The second-order valence-corrected chi connectivity index (χ2v) is 6.16. The lowest BCUT2D eigenvalue weighted by molar-refractivity contribution is -0.147. The number of rotatable bonds is 5. The molecule has 1 aromatic carbocycles. The molecule has 1 unspecified atom stereocenters. The summed E-state index contributed by atoms with van der Waals surface area (Å²) in [7, 11) is 1.58. The zero-order valence-corrected chi connectivity index (χ0v) is 12.9. The molecular formula is C17H23NO4. The van der Waals surface area contributed by atoms with Gasteiger partial charge in [-0.05, 0) is 38.3 Å². The van der Waals surface area contributed by atoms with Gasteiger partial charge >= 0.3 is 5.97 Å². The van der Waals surface area contributed by atoms with Gasteiger partial charge in [0.15, 0.2) is 11.5 Å². The molecule has 1 aliphatic carbocycles. The molecule has 1 aliphatic heterocycles. The number of methoxy groups -OCH3 is 1. The van der Waals surface area contributed by atoms with Crippen LogP contribution in [0, 0.1) is 0 Å². The SMILES string of the molecule is COc1c(OC2CCCNC2)cccc1C1(C(=O)O)CCC1. The van der Waals surface area contributed by atoms with E-state index in [1.807, 2.05) is 18.2 Å². The zero-order valence-electron chi connectivity index (χ0n) is 12.9. The Morgan fingerprint density at radius 3 is 2.73 bits per heavy atom. The normalized spacial score (nSPS) is 23.4. The van der Waals surface area contributed by atoms with Crippen LogP contribution in [0.25, 0.3) is 0 Å². The molecule has 1 atom stereocenters. The monoisotopic (exact) mass is 305 g/mol. The Morgan fingerprint density at radius 2 is 2.18 bits per heavy atom. The number of carbonyl (C=O) groups is 1. The van der Waals surface area contributed by atoms with E-state index in [-0.39, 0.29) is 6.10 Å². The van der Waals surface area contributed by atoms with Crippen molar-refractivity contribution in [2.24, 2.45) is 0 Å². The van der Waals surface area contributed by atoms with E-state index in [0.29, 0.717) is 24.3 Å². The Bertz CT molecular complexity index is 548. The van der Waals surface area contributed by atoms with E-state index in [9.17, 15) is 9.90 Å². The van der Waals surface area contributed by atoms with E-state index < -0.39 is 11.4 Å². The van der Waals surface area contributed by atoms with Crippen LogP contribution < -0.4 is 14.8 Å². The number of aliphatic carboxylic acids is 1.